The van der Waals surface area contributed by atoms with Crippen LogP contribution in [0.2, 0.25) is 5.02 Å². The zero-order valence-corrected chi connectivity index (χ0v) is 17.0. The van der Waals surface area contributed by atoms with Crippen molar-refractivity contribution >= 4 is 40.5 Å². The summed E-state index contributed by atoms with van der Waals surface area (Å²) in [6, 6.07) is 23.4. The lowest BCUT2D eigenvalue weighted by Crippen LogP contribution is -2.34. The van der Waals surface area contributed by atoms with Crippen molar-refractivity contribution in [1.82, 2.24) is 5.32 Å². The molecule has 0 aliphatic carbocycles. The Balaban J connectivity index is 1.52. The van der Waals surface area contributed by atoms with E-state index in [1.165, 1.54) is 0 Å². The summed E-state index contributed by atoms with van der Waals surface area (Å²) in [5.74, 6) is 1.06. The Morgan fingerprint density at radius 3 is 2.28 bits per heavy atom. The highest BCUT2D eigenvalue weighted by Gasteiger charge is 2.10. The SMILES string of the molecule is O=C(NC(=S)Nc1ccccc1OCCOc1ccccc1)c1ccc(Cl)cc1. The monoisotopic (exact) mass is 426 g/mol. The quantitative estimate of drug-likeness (QED) is 0.414. The molecule has 3 aromatic rings. The van der Waals surface area contributed by atoms with Gasteiger partial charge in [-0.1, -0.05) is 41.9 Å². The standard InChI is InChI=1S/C22H19ClN2O3S/c23-17-12-10-16(11-13-17)21(26)25-22(29)24-19-8-4-5-9-20(19)28-15-14-27-18-6-2-1-3-7-18/h1-13H,14-15H2,(H2,24,25,26,29). The van der Waals surface area contributed by atoms with Gasteiger partial charge in [0.05, 0.1) is 5.69 Å². The molecule has 1 amide bonds. The number of carbonyl (C=O) groups excluding carboxylic acids is 1. The highest BCUT2D eigenvalue weighted by Crippen LogP contribution is 2.23. The molecule has 0 unspecified atom stereocenters. The second-order valence-corrected chi connectivity index (χ2v) is 6.77. The fourth-order valence-electron chi connectivity index (χ4n) is 2.45. The topological polar surface area (TPSA) is 59.6 Å². The van der Waals surface area contributed by atoms with Gasteiger partial charge in [0.2, 0.25) is 0 Å². The fourth-order valence-corrected chi connectivity index (χ4v) is 2.78. The van der Waals surface area contributed by atoms with Crippen molar-refractivity contribution in [3.8, 4) is 11.5 Å². The number of anilines is 1. The average Bonchev–Trinajstić information content (AvgIpc) is 2.73. The molecule has 0 radical (unpaired) electrons. The van der Waals surface area contributed by atoms with Crippen molar-refractivity contribution in [3.05, 3.63) is 89.4 Å². The molecular formula is C22H19ClN2O3S. The van der Waals surface area contributed by atoms with E-state index in [1.807, 2.05) is 54.6 Å². The van der Waals surface area contributed by atoms with E-state index in [2.05, 4.69) is 10.6 Å². The van der Waals surface area contributed by atoms with Gasteiger partial charge in [-0.15, -0.1) is 0 Å². The van der Waals surface area contributed by atoms with Crippen molar-refractivity contribution in [1.29, 1.82) is 0 Å². The van der Waals surface area contributed by atoms with Gasteiger partial charge in [-0.2, -0.15) is 0 Å². The Hall–Kier alpha value is -3.09. The minimum absolute atomic E-state index is 0.168. The molecule has 29 heavy (non-hydrogen) atoms. The second kappa shape index (κ2) is 10.5. The van der Waals surface area contributed by atoms with Crippen LogP contribution in [0, 0.1) is 0 Å². The molecule has 0 atom stereocenters. The van der Waals surface area contributed by atoms with Crippen LogP contribution in [-0.2, 0) is 0 Å². The van der Waals surface area contributed by atoms with Crippen LogP contribution >= 0.6 is 23.8 Å². The number of carbonyl (C=O) groups is 1. The van der Waals surface area contributed by atoms with E-state index in [0.717, 1.165) is 5.75 Å². The van der Waals surface area contributed by atoms with Gasteiger partial charge in [0, 0.05) is 10.6 Å². The Labute approximate surface area is 179 Å². The van der Waals surface area contributed by atoms with Crippen molar-refractivity contribution < 1.29 is 14.3 Å². The molecule has 148 valence electrons. The maximum atomic E-state index is 12.3. The highest BCUT2D eigenvalue weighted by molar-refractivity contribution is 7.80. The largest absolute Gasteiger partial charge is 0.490 e. The lowest BCUT2D eigenvalue weighted by molar-refractivity contribution is 0.0977. The van der Waals surface area contributed by atoms with E-state index in [1.54, 1.807) is 24.3 Å². The van der Waals surface area contributed by atoms with Crippen LogP contribution in [0.1, 0.15) is 10.4 Å². The number of amides is 1. The third-order valence-corrected chi connectivity index (χ3v) is 4.28. The summed E-state index contributed by atoms with van der Waals surface area (Å²) in [6.07, 6.45) is 0. The van der Waals surface area contributed by atoms with Crippen molar-refractivity contribution in [3.63, 3.8) is 0 Å². The Morgan fingerprint density at radius 1 is 0.862 bits per heavy atom. The summed E-state index contributed by atoms with van der Waals surface area (Å²) in [5, 5.41) is 6.35. The van der Waals surface area contributed by atoms with Crippen LogP contribution in [-0.4, -0.2) is 24.2 Å². The summed E-state index contributed by atoms with van der Waals surface area (Å²) in [4.78, 5) is 12.3. The molecule has 0 aliphatic rings. The van der Waals surface area contributed by atoms with Gasteiger partial charge in [0.1, 0.15) is 24.7 Å². The van der Waals surface area contributed by atoms with E-state index in [9.17, 15) is 4.79 Å². The first-order valence-electron chi connectivity index (χ1n) is 8.89. The molecular weight excluding hydrogens is 408 g/mol. The Morgan fingerprint density at radius 2 is 1.52 bits per heavy atom. The minimum Gasteiger partial charge on any atom is -0.490 e. The zero-order chi connectivity index (χ0) is 20.5. The molecule has 5 nitrogen and oxygen atoms in total. The van der Waals surface area contributed by atoms with E-state index >= 15 is 0 Å². The number of para-hydroxylation sites is 3. The molecule has 2 N–H and O–H groups in total. The zero-order valence-electron chi connectivity index (χ0n) is 15.4. The van der Waals surface area contributed by atoms with E-state index in [4.69, 9.17) is 33.3 Å². The third-order valence-electron chi connectivity index (χ3n) is 3.82. The van der Waals surface area contributed by atoms with Gasteiger partial charge in [0.15, 0.2) is 5.11 Å². The molecule has 0 bridgehead atoms. The molecule has 0 spiro atoms. The van der Waals surface area contributed by atoms with Gasteiger partial charge in [0.25, 0.3) is 5.91 Å². The third kappa shape index (κ3) is 6.48. The molecule has 0 heterocycles. The number of nitrogens with one attached hydrogen (secondary N) is 2. The fraction of sp³-hybridized carbons (Fsp3) is 0.0909. The van der Waals surface area contributed by atoms with Crippen molar-refractivity contribution in [2.24, 2.45) is 0 Å². The molecule has 0 aromatic heterocycles. The average molecular weight is 427 g/mol. The van der Waals surface area contributed by atoms with Crippen LogP contribution in [0.5, 0.6) is 11.5 Å². The van der Waals surface area contributed by atoms with E-state index in [-0.39, 0.29) is 11.0 Å². The molecule has 0 fully saturated rings. The normalized spacial score (nSPS) is 10.1. The van der Waals surface area contributed by atoms with Gasteiger partial charge in [-0.3, -0.25) is 10.1 Å². The number of thiocarbonyl (C=S) groups is 1. The first kappa shape index (κ1) is 20.6. The Kier molecular flexibility index (Phi) is 7.44. The highest BCUT2D eigenvalue weighted by atomic mass is 35.5. The molecule has 3 aromatic carbocycles. The smallest absolute Gasteiger partial charge is 0.257 e. The number of ether oxygens (including phenoxy) is 2. The molecule has 0 aliphatic heterocycles. The maximum Gasteiger partial charge on any atom is 0.257 e. The van der Waals surface area contributed by atoms with E-state index < -0.39 is 0 Å². The predicted molar refractivity (Wildman–Crippen MR) is 119 cm³/mol. The summed E-state index contributed by atoms with van der Waals surface area (Å²) < 4.78 is 11.4. The number of hydrogen-bond donors (Lipinski definition) is 2. The minimum atomic E-state index is -0.325. The number of benzene rings is 3. The van der Waals surface area contributed by atoms with Gasteiger partial charge < -0.3 is 14.8 Å². The number of halogens is 1. The molecule has 0 saturated heterocycles. The van der Waals surface area contributed by atoms with Crippen LogP contribution in [0.4, 0.5) is 5.69 Å². The number of rotatable bonds is 7. The summed E-state index contributed by atoms with van der Waals surface area (Å²) in [5.41, 5.74) is 1.11. The lowest BCUT2D eigenvalue weighted by Gasteiger charge is -2.14. The van der Waals surface area contributed by atoms with Gasteiger partial charge in [-0.05, 0) is 60.7 Å². The maximum absolute atomic E-state index is 12.3. The molecule has 3 rings (SSSR count). The molecule has 0 saturated carbocycles. The van der Waals surface area contributed by atoms with Crippen molar-refractivity contribution in [2.75, 3.05) is 18.5 Å². The van der Waals surface area contributed by atoms with E-state index in [0.29, 0.717) is 35.2 Å². The first-order valence-corrected chi connectivity index (χ1v) is 9.68. The summed E-state index contributed by atoms with van der Waals surface area (Å²) >= 11 is 11.1. The second-order valence-electron chi connectivity index (χ2n) is 5.92. The summed E-state index contributed by atoms with van der Waals surface area (Å²) in [7, 11) is 0. The van der Waals surface area contributed by atoms with Crippen LogP contribution in [0.25, 0.3) is 0 Å². The number of hydrogen-bond acceptors (Lipinski definition) is 4. The molecule has 7 heteroatoms. The predicted octanol–water partition coefficient (Wildman–Crippen LogP) is 4.92. The lowest BCUT2D eigenvalue weighted by atomic mass is 10.2. The van der Waals surface area contributed by atoms with Crippen LogP contribution in [0.3, 0.4) is 0 Å². The van der Waals surface area contributed by atoms with Crippen LogP contribution < -0.4 is 20.1 Å². The van der Waals surface area contributed by atoms with Crippen LogP contribution in [0.15, 0.2) is 78.9 Å². The van der Waals surface area contributed by atoms with Gasteiger partial charge >= 0.3 is 0 Å². The first-order chi connectivity index (χ1) is 14.1. The Bertz CT molecular complexity index is 965. The van der Waals surface area contributed by atoms with Gasteiger partial charge in [-0.25, -0.2) is 0 Å². The van der Waals surface area contributed by atoms with Crippen molar-refractivity contribution in [2.45, 2.75) is 0 Å². The summed E-state index contributed by atoms with van der Waals surface area (Å²) in [6.45, 7) is 0.758.